The summed E-state index contributed by atoms with van der Waals surface area (Å²) in [6, 6.07) is 11.1. The highest BCUT2D eigenvalue weighted by Gasteiger charge is 2.17. The van der Waals surface area contributed by atoms with Crippen LogP contribution in [0.15, 0.2) is 58.0 Å². The average molecular weight is 352 g/mol. The van der Waals surface area contributed by atoms with Crippen LogP contribution in [0.5, 0.6) is 5.75 Å². The molecule has 6 heteroatoms. The summed E-state index contributed by atoms with van der Waals surface area (Å²) in [5.74, 6) is 1.71. The van der Waals surface area contributed by atoms with E-state index in [1.807, 2.05) is 30.3 Å². The highest BCUT2D eigenvalue weighted by Crippen LogP contribution is 2.22. The van der Waals surface area contributed by atoms with Crippen molar-refractivity contribution in [2.75, 3.05) is 5.32 Å². The number of aromatic nitrogens is 1. The molecule has 0 fully saturated rings. The second-order valence-electron chi connectivity index (χ2n) is 5.81. The van der Waals surface area contributed by atoms with E-state index in [2.05, 4.69) is 17.1 Å². The number of aryl methyl sites for hydroxylation is 2. The van der Waals surface area contributed by atoms with Gasteiger partial charge in [-0.15, -0.1) is 6.58 Å². The number of carbonyl (C=O) groups excluding carboxylic acids is 1. The van der Waals surface area contributed by atoms with Crippen molar-refractivity contribution in [3.05, 3.63) is 77.6 Å². The van der Waals surface area contributed by atoms with Crippen molar-refractivity contribution in [3.63, 3.8) is 0 Å². The highest BCUT2D eigenvalue weighted by atomic mass is 16.5. The molecule has 2 heterocycles. The van der Waals surface area contributed by atoms with Crippen LogP contribution in [0.2, 0.25) is 0 Å². The molecule has 0 spiro atoms. The summed E-state index contributed by atoms with van der Waals surface area (Å²) < 4.78 is 16.4. The lowest BCUT2D eigenvalue weighted by molar-refractivity contribution is 0.0992. The summed E-state index contributed by atoms with van der Waals surface area (Å²) in [4.78, 5) is 12.3. The number of furan rings is 1. The lowest BCUT2D eigenvalue weighted by Crippen LogP contribution is -2.12. The van der Waals surface area contributed by atoms with Gasteiger partial charge in [0, 0.05) is 0 Å². The normalized spacial score (nSPS) is 10.5. The van der Waals surface area contributed by atoms with E-state index in [1.165, 1.54) is 0 Å². The van der Waals surface area contributed by atoms with E-state index in [0.717, 1.165) is 17.7 Å². The molecule has 1 N–H and O–H groups in total. The maximum absolute atomic E-state index is 12.3. The number of carbonyl (C=O) groups is 1. The van der Waals surface area contributed by atoms with E-state index in [0.29, 0.717) is 22.9 Å². The number of ether oxygens (including phenoxy) is 1. The Bertz CT molecular complexity index is 904. The zero-order valence-electron chi connectivity index (χ0n) is 14.7. The minimum absolute atomic E-state index is 0.197. The van der Waals surface area contributed by atoms with Crippen LogP contribution in [0.25, 0.3) is 0 Å². The molecular formula is C20H20N2O4. The van der Waals surface area contributed by atoms with Crippen molar-refractivity contribution in [3.8, 4) is 5.75 Å². The molecule has 3 aromatic rings. The molecule has 1 amide bonds. The van der Waals surface area contributed by atoms with Gasteiger partial charge in [-0.3, -0.25) is 4.79 Å². The second kappa shape index (κ2) is 7.74. The van der Waals surface area contributed by atoms with Gasteiger partial charge < -0.3 is 19.0 Å². The molecule has 0 atom stereocenters. The molecule has 0 aliphatic rings. The number of hydrogen-bond acceptors (Lipinski definition) is 5. The van der Waals surface area contributed by atoms with Crippen LogP contribution >= 0.6 is 0 Å². The molecule has 26 heavy (non-hydrogen) atoms. The Labute approximate surface area is 151 Å². The van der Waals surface area contributed by atoms with E-state index < -0.39 is 0 Å². The molecule has 0 saturated heterocycles. The van der Waals surface area contributed by atoms with Gasteiger partial charge in [-0.25, -0.2) is 0 Å². The van der Waals surface area contributed by atoms with Crippen LogP contribution in [0.3, 0.4) is 0 Å². The average Bonchev–Trinajstić information content (AvgIpc) is 3.23. The number of anilines is 1. The van der Waals surface area contributed by atoms with Crippen LogP contribution in [-0.4, -0.2) is 11.1 Å². The number of para-hydroxylation sites is 1. The molecule has 0 unspecified atom stereocenters. The van der Waals surface area contributed by atoms with E-state index in [1.54, 1.807) is 26.0 Å². The Balaban J connectivity index is 1.65. The number of nitrogens with zero attached hydrogens (tertiary/aromatic N) is 1. The van der Waals surface area contributed by atoms with Gasteiger partial charge in [-0.1, -0.05) is 29.4 Å². The zero-order chi connectivity index (χ0) is 18.5. The molecule has 134 valence electrons. The quantitative estimate of drug-likeness (QED) is 0.636. The number of amides is 1. The Morgan fingerprint density at radius 1 is 1.27 bits per heavy atom. The van der Waals surface area contributed by atoms with Gasteiger partial charge >= 0.3 is 0 Å². The molecule has 0 radical (unpaired) electrons. The Kier molecular flexibility index (Phi) is 5.22. The van der Waals surface area contributed by atoms with Crippen molar-refractivity contribution < 1.29 is 18.5 Å². The number of hydrogen-bond donors (Lipinski definition) is 1. The van der Waals surface area contributed by atoms with Crippen LogP contribution in [0.4, 0.5) is 5.69 Å². The lowest BCUT2D eigenvalue weighted by atomic mass is 10.1. The Morgan fingerprint density at radius 2 is 2.08 bits per heavy atom. The van der Waals surface area contributed by atoms with Crippen molar-refractivity contribution in [2.24, 2.45) is 0 Å². The summed E-state index contributed by atoms with van der Waals surface area (Å²) in [5, 5.41) is 6.55. The number of allylic oxidation sites excluding steroid dienone is 1. The number of nitrogens with one attached hydrogen (secondary N) is 1. The molecule has 0 aliphatic heterocycles. The van der Waals surface area contributed by atoms with Gasteiger partial charge in [0.1, 0.15) is 29.5 Å². The maximum atomic E-state index is 12.3. The van der Waals surface area contributed by atoms with E-state index in [-0.39, 0.29) is 18.3 Å². The first kappa shape index (κ1) is 17.5. The predicted molar refractivity (Wildman–Crippen MR) is 97.3 cm³/mol. The van der Waals surface area contributed by atoms with Gasteiger partial charge in [0.15, 0.2) is 11.5 Å². The Morgan fingerprint density at radius 3 is 2.81 bits per heavy atom. The first-order chi connectivity index (χ1) is 12.6. The van der Waals surface area contributed by atoms with Crippen molar-refractivity contribution in [1.29, 1.82) is 0 Å². The van der Waals surface area contributed by atoms with Gasteiger partial charge in [-0.05, 0) is 44.0 Å². The summed E-state index contributed by atoms with van der Waals surface area (Å²) in [7, 11) is 0. The third-order valence-electron chi connectivity index (χ3n) is 3.86. The summed E-state index contributed by atoms with van der Waals surface area (Å²) in [6.07, 6.45) is 2.55. The molecular weight excluding hydrogens is 332 g/mol. The van der Waals surface area contributed by atoms with Crippen LogP contribution in [-0.2, 0) is 13.0 Å². The first-order valence-electron chi connectivity index (χ1n) is 8.23. The van der Waals surface area contributed by atoms with E-state index >= 15 is 0 Å². The SMILES string of the molecule is C=CCc1ccccc1OCc1ccc(C(=O)Nc2c(C)noc2C)o1. The van der Waals surface area contributed by atoms with Crippen LogP contribution in [0, 0.1) is 13.8 Å². The van der Waals surface area contributed by atoms with Crippen molar-refractivity contribution in [2.45, 2.75) is 26.9 Å². The summed E-state index contributed by atoms with van der Waals surface area (Å²) >= 11 is 0. The number of benzene rings is 1. The topological polar surface area (TPSA) is 77.5 Å². The molecule has 0 saturated carbocycles. The standard InChI is InChI=1S/C20H20N2O4/c1-4-7-15-8-5-6-9-17(15)24-12-16-10-11-18(25-16)20(23)21-19-13(2)22-26-14(19)3/h4-6,8-11H,1,7,12H2,2-3H3,(H,21,23). The smallest absolute Gasteiger partial charge is 0.291 e. The monoisotopic (exact) mass is 352 g/mol. The van der Waals surface area contributed by atoms with Crippen molar-refractivity contribution in [1.82, 2.24) is 5.16 Å². The fraction of sp³-hybridized carbons (Fsp3) is 0.200. The van der Waals surface area contributed by atoms with Gasteiger partial charge in [0.2, 0.25) is 0 Å². The zero-order valence-corrected chi connectivity index (χ0v) is 14.7. The third-order valence-corrected chi connectivity index (χ3v) is 3.86. The maximum Gasteiger partial charge on any atom is 0.291 e. The van der Waals surface area contributed by atoms with Crippen molar-refractivity contribution >= 4 is 11.6 Å². The van der Waals surface area contributed by atoms with Crippen LogP contribution < -0.4 is 10.1 Å². The van der Waals surface area contributed by atoms with Crippen LogP contribution in [0.1, 0.15) is 33.3 Å². The molecule has 2 aromatic heterocycles. The minimum atomic E-state index is -0.363. The fourth-order valence-electron chi connectivity index (χ4n) is 2.53. The predicted octanol–water partition coefficient (Wildman–Crippen LogP) is 4.44. The van der Waals surface area contributed by atoms with Gasteiger partial charge in [-0.2, -0.15) is 0 Å². The molecule has 3 rings (SSSR count). The second-order valence-corrected chi connectivity index (χ2v) is 5.81. The molecule has 6 nitrogen and oxygen atoms in total. The minimum Gasteiger partial charge on any atom is -0.485 e. The largest absolute Gasteiger partial charge is 0.485 e. The summed E-state index contributed by atoms with van der Waals surface area (Å²) in [5.41, 5.74) is 2.22. The third kappa shape index (κ3) is 3.85. The van der Waals surface area contributed by atoms with Gasteiger partial charge in [0.25, 0.3) is 5.91 Å². The molecule has 0 bridgehead atoms. The lowest BCUT2D eigenvalue weighted by Gasteiger charge is -2.08. The molecule has 0 aliphatic carbocycles. The fourth-order valence-corrected chi connectivity index (χ4v) is 2.53. The summed E-state index contributed by atoms with van der Waals surface area (Å²) in [6.45, 7) is 7.47. The number of rotatable bonds is 7. The Hall–Kier alpha value is -3.28. The van der Waals surface area contributed by atoms with E-state index in [9.17, 15) is 4.79 Å². The molecule has 1 aromatic carbocycles. The highest BCUT2D eigenvalue weighted by molar-refractivity contribution is 6.02. The first-order valence-corrected chi connectivity index (χ1v) is 8.23. The van der Waals surface area contributed by atoms with Gasteiger partial charge in [0.05, 0.1) is 0 Å². The van der Waals surface area contributed by atoms with E-state index in [4.69, 9.17) is 13.7 Å².